The van der Waals surface area contributed by atoms with Crippen LogP contribution >= 0.6 is 0 Å². The van der Waals surface area contributed by atoms with Crippen LogP contribution in [-0.4, -0.2) is 56.9 Å². The molecular weight excluding hydrogens is 346 g/mol. The van der Waals surface area contributed by atoms with Gasteiger partial charge in [0.1, 0.15) is 0 Å². The van der Waals surface area contributed by atoms with Gasteiger partial charge in [-0.3, -0.25) is 4.79 Å². The first kappa shape index (κ1) is 26.3. The van der Waals surface area contributed by atoms with E-state index in [1.54, 1.807) is 0 Å². The van der Waals surface area contributed by atoms with Gasteiger partial charge < -0.3 is 24.6 Å². The second-order valence-electron chi connectivity index (χ2n) is 7.83. The number of aliphatic hydroxyl groups is 1. The molecule has 0 spiro atoms. The van der Waals surface area contributed by atoms with E-state index < -0.39 is 0 Å². The monoisotopic (exact) mass is 389 g/mol. The number of hydrogen-bond donors (Lipinski definition) is 2. The molecule has 0 unspecified atom stereocenters. The molecule has 0 saturated carbocycles. The number of aliphatic hydroxyl groups excluding tert-OH is 1. The number of ether oxygens (including phenoxy) is 3. The van der Waals surface area contributed by atoms with Crippen molar-refractivity contribution in [3.8, 4) is 0 Å². The van der Waals surface area contributed by atoms with Gasteiger partial charge in [0.15, 0.2) is 6.29 Å². The highest BCUT2D eigenvalue weighted by Crippen LogP contribution is 2.09. The number of nitrogens with one attached hydrogen (secondary N) is 1. The first-order chi connectivity index (χ1) is 13.0. The molecule has 0 aromatic rings. The van der Waals surface area contributed by atoms with Gasteiger partial charge in [0.25, 0.3) is 0 Å². The lowest BCUT2D eigenvalue weighted by atomic mass is 10.1. The zero-order chi connectivity index (χ0) is 20.3. The molecule has 0 bridgehead atoms. The van der Waals surface area contributed by atoms with E-state index in [-0.39, 0.29) is 18.9 Å². The van der Waals surface area contributed by atoms with E-state index in [0.29, 0.717) is 51.0 Å². The molecule has 0 aromatic carbocycles. The number of unbranched alkanes of at least 4 members (excludes halogenated alkanes) is 2. The van der Waals surface area contributed by atoms with Crippen molar-refractivity contribution in [2.75, 3.05) is 39.5 Å². The normalized spacial score (nSPS) is 11.7. The largest absolute Gasteiger partial charge is 0.465 e. The van der Waals surface area contributed by atoms with Crippen molar-refractivity contribution in [2.45, 2.75) is 78.9 Å². The van der Waals surface area contributed by atoms with Gasteiger partial charge in [-0.05, 0) is 44.1 Å². The summed E-state index contributed by atoms with van der Waals surface area (Å²) in [6.07, 6.45) is 5.54. The van der Waals surface area contributed by atoms with E-state index in [4.69, 9.17) is 19.3 Å². The predicted octanol–water partition coefficient (Wildman–Crippen LogP) is 3.51. The molecule has 0 aliphatic heterocycles. The van der Waals surface area contributed by atoms with Crippen LogP contribution in [0.25, 0.3) is 0 Å². The summed E-state index contributed by atoms with van der Waals surface area (Å²) in [5.41, 5.74) is 0. The summed E-state index contributed by atoms with van der Waals surface area (Å²) in [7, 11) is 0. The molecule has 0 radical (unpaired) electrons. The number of hydrogen-bond acceptors (Lipinski definition) is 6. The molecule has 0 amide bonds. The SMILES string of the molecule is CC(C)CCOC(CCOC(=O)CCCCCNCCO)OCCC(C)C. The molecule has 0 fully saturated rings. The van der Waals surface area contributed by atoms with Crippen LogP contribution in [-0.2, 0) is 19.0 Å². The minimum Gasteiger partial charge on any atom is -0.465 e. The Morgan fingerprint density at radius 1 is 0.852 bits per heavy atom. The van der Waals surface area contributed by atoms with Crippen LogP contribution in [0.5, 0.6) is 0 Å². The third-order valence-electron chi connectivity index (χ3n) is 4.14. The Kier molecular flexibility index (Phi) is 18.2. The number of esters is 1. The van der Waals surface area contributed by atoms with Crippen LogP contribution in [0, 0.1) is 11.8 Å². The first-order valence-corrected chi connectivity index (χ1v) is 10.7. The lowest BCUT2D eigenvalue weighted by molar-refractivity contribution is -0.163. The third-order valence-corrected chi connectivity index (χ3v) is 4.14. The molecule has 162 valence electrons. The Labute approximate surface area is 166 Å². The molecule has 6 heteroatoms. The molecule has 6 nitrogen and oxygen atoms in total. The van der Waals surface area contributed by atoms with Crippen LogP contribution in [0.4, 0.5) is 0 Å². The maximum Gasteiger partial charge on any atom is 0.305 e. The van der Waals surface area contributed by atoms with Crippen molar-refractivity contribution >= 4 is 5.97 Å². The Hall–Kier alpha value is -0.690. The smallest absolute Gasteiger partial charge is 0.305 e. The van der Waals surface area contributed by atoms with Crippen LogP contribution in [0.1, 0.15) is 72.6 Å². The quantitative estimate of drug-likeness (QED) is 0.200. The van der Waals surface area contributed by atoms with Gasteiger partial charge >= 0.3 is 5.97 Å². The van der Waals surface area contributed by atoms with E-state index in [2.05, 4.69) is 33.0 Å². The molecule has 0 aliphatic carbocycles. The molecular formula is C21H43NO5. The molecule has 0 saturated heterocycles. The van der Waals surface area contributed by atoms with E-state index in [1.165, 1.54) is 0 Å². The van der Waals surface area contributed by atoms with Crippen molar-refractivity contribution in [2.24, 2.45) is 11.8 Å². The molecule has 27 heavy (non-hydrogen) atoms. The highest BCUT2D eigenvalue weighted by molar-refractivity contribution is 5.69. The van der Waals surface area contributed by atoms with Crippen molar-refractivity contribution in [3.05, 3.63) is 0 Å². The summed E-state index contributed by atoms with van der Waals surface area (Å²) in [5.74, 6) is 1.04. The lowest BCUT2D eigenvalue weighted by Gasteiger charge is -2.20. The Bertz CT molecular complexity index is 323. The molecule has 0 heterocycles. The van der Waals surface area contributed by atoms with Gasteiger partial charge in [-0.1, -0.05) is 34.1 Å². The predicted molar refractivity (Wildman–Crippen MR) is 109 cm³/mol. The van der Waals surface area contributed by atoms with Crippen molar-refractivity contribution in [3.63, 3.8) is 0 Å². The average molecular weight is 390 g/mol. The Morgan fingerprint density at radius 2 is 1.48 bits per heavy atom. The van der Waals surface area contributed by atoms with E-state index in [0.717, 1.165) is 38.6 Å². The highest BCUT2D eigenvalue weighted by Gasteiger charge is 2.12. The van der Waals surface area contributed by atoms with Gasteiger partial charge in [0.2, 0.25) is 0 Å². The van der Waals surface area contributed by atoms with Crippen molar-refractivity contribution in [1.29, 1.82) is 0 Å². The van der Waals surface area contributed by atoms with Gasteiger partial charge in [-0.15, -0.1) is 0 Å². The minimum absolute atomic E-state index is 0.151. The fraction of sp³-hybridized carbons (Fsp3) is 0.952. The fourth-order valence-corrected chi connectivity index (χ4v) is 2.33. The fourth-order valence-electron chi connectivity index (χ4n) is 2.33. The third kappa shape index (κ3) is 19.9. The van der Waals surface area contributed by atoms with Gasteiger partial charge in [-0.2, -0.15) is 0 Å². The molecule has 0 aliphatic rings. The second-order valence-corrected chi connectivity index (χ2v) is 7.83. The molecule has 0 atom stereocenters. The summed E-state index contributed by atoms with van der Waals surface area (Å²) in [5, 5.41) is 11.8. The minimum atomic E-state index is -0.298. The molecule has 0 rings (SSSR count). The summed E-state index contributed by atoms with van der Waals surface area (Å²) in [6.45, 7) is 12.0. The van der Waals surface area contributed by atoms with Gasteiger partial charge in [0.05, 0.1) is 13.2 Å². The maximum atomic E-state index is 11.8. The van der Waals surface area contributed by atoms with Gasteiger partial charge in [0, 0.05) is 32.6 Å². The second kappa shape index (κ2) is 18.7. The Morgan fingerprint density at radius 3 is 2.04 bits per heavy atom. The zero-order valence-corrected chi connectivity index (χ0v) is 18.0. The standard InChI is InChI=1S/C21H43NO5/c1-18(2)9-15-26-21(27-16-10-19(3)4)11-17-25-20(24)8-6-5-7-12-22-13-14-23/h18-19,21-23H,5-17H2,1-4H3. The van der Waals surface area contributed by atoms with E-state index in [1.807, 2.05) is 0 Å². The zero-order valence-electron chi connectivity index (χ0n) is 18.0. The number of carbonyl (C=O) groups is 1. The highest BCUT2D eigenvalue weighted by atomic mass is 16.7. The van der Waals surface area contributed by atoms with Crippen LogP contribution in [0.2, 0.25) is 0 Å². The summed E-state index contributed by atoms with van der Waals surface area (Å²) in [4.78, 5) is 11.8. The summed E-state index contributed by atoms with van der Waals surface area (Å²) < 4.78 is 17.0. The number of rotatable bonds is 19. The van der Waals surface area contributed by atoms with Crippen LogP contribution < -0.4 is 5.32 Å². The first-order valence-electron chi connectivity index (χ1n) is 10.7. The number of carbonyl (C=O) groups excluding carboxylic acids is 1. The maximum absolute atomic E-state index is 11.8. The van der Waals surface area contributed by atoms with E-state index in [9.17, 15) is 4.79 Å². The Balaban J connectivity index is 3.84. The molecule has 0 aromatic heterocycles. The molecule has 2 N–H and O–H groups in total. The van der Waals surface area contributed by atoms with E-state index >= 15 is 0 Å². The van der Waals surface area contributed by atoms with Crippen molar-refractivity contribution in [1.82, 2.24) is 5.32 Å². The van der Waals surface area contributed by atoms with Crippen molar-refractivity contribution < 1.29 is 24.1 Å². The van der Waals surface area contributed by atoms with Crippen LogP contribution in [0.3, 0.4) is 0 Å². The van der Waals surface area contributed by atoms with Crippen LogP contribution in [0.15, 0.2) is 0 Å². The summed E-state index contributed by atoms with van der Waals surface area (Å²) in [6, 6.07) is 0. The average Bonchev–Trinajstić information content (AvgIpc) is 2.60. The van der Waals surface area contributed by atoms with Gasteiger partial charge in [-0.25, -0.2) is 0 Å². The summed E-state index contributed by atoms with van der Waals surface area (Å²) >= 11 is 0. The topological polar surface area (TPSA) is 77.0 Å². The lowest BCUT2D eigenvalue weighted by Crippen LogP contribution is -2.22.